The van der Waals surface area contributed by atoms with Crippen LogP contribution in [0.3, 0.4) is 0 Å². The quantitative estimate of drug-likeness (QED) is 0.170. The van der Waals surface area contributed by atoms with Crippen LogP contribution < -0.4 is 10.6 Å². The first-order valence-corrected chi connectivity index (χ1v) is 18.7. The highest BCUT2D eigenvalue weighted by molar-refractivity contribution is 9.10. The molecule has 0 atom stereocenters. The van der Waals surface area contributed by atoms with Crippen molar-refractivity contribution in [3.05, 3.63) is 227 Å². The van der Waals surface area contributed by atoms with Crippen LogP contribution in [0.15, 0.2) is 217 Å². The lowest BCUT2D eigenvalue weighted by molar-refractivity contribution is 1.28. The Balaban J connectivity index is 0.000000186. The van der Waals surface area contributed by atoms with E-state index < -0.39 is 0 Å². The molecule has 0 spiro atoms. The van der Waals surface area contributed by atoms with Crippen molar-refractivity contribution < 1.29 is 0 Å². The van der Waals surface area contributed by atoms with Crippen molar-refractivity contribution in [3.8, 4) is 33.4 Å². The molecule has 0 aliphatic heterocycles. The van der Waals surface area contributed by atoms with Gasteiger partial charge in [0.2, 0.25) is 0 Å². The van der Waals surface area contributed by atoms with E-state index in [1.54, 1.807) is 24.3 Å². The number of anilines is 4. The summed E-state index contributed by atoms with van der Waals surface area (Å²) < 4.78 is 1.12. The lowest BCUT2D eigenvalue weighted by Gasteiger charge is -2.26. The van der Waals surface area contributed by atoms with Crippen LogP contribution in [-0.4, -0.2) is 0 Å². The summed E-state index contributed by atoms with van der Waals surface area (Å²) in [6.45, 7) is 0. The maximum absolute atomic E-state index is 6.20. The Morgan fingerprint density at radius 1 is 0.340 bits per heavy atom. The van der Waals surface area contributed by atoms with Gasteiger partial charge in [-0.05, 0) is 118 Å². The van der Waals surface area contributed by atoms with Gasteiger partial charge in [0.05, 0.1) is 0 Å². The Morgan fingerprint density at radius 3 is 1.09 bits per heavy atom. The van der Waals surface area contributed by atoms with Crippen molar-refractivity contribution in [1.82, 2.24) is 0 Å². The summed E-state index contributed by atoms with van der Waals surface area (Å²) in [6.07, 6.45) is 0. The predicted molar refractivity (Wildman–Crippen MR) is 232 cm³/mol. The third-order valence-electron chi connectivity index (χ3n) is 8.31. The summed E-state index contributed by atoms with van der Waals surface area (Å²) in [6, 6.07) is 72.0. The van der Waals surface area contributed by atoms with Gasteiger partial charge in [0.1, 0.15) is 0 Å². The van der Waals surface area contributed by atoms with Crippen molar-refractivity contribution in [3.63, 3.8) is 0 Å². The Bertz CT molecular complexity index is 2210. The summed E-state index contributed by atoms with van der Waals surface area (Å²) in [5, 5.41) is 1.45. The number of rotatable bonds is 6. The monoisotopic (exact) mass is 790 g/mol. The maximum Gasteiger partial charge on any atom is 0.0467 e. The molecule has 0 heterocycles. The second-order valence-electron chi connectivity index (χ2n) is 12.1. The average Bonchev–Trinajstić information content (AvgIpc) is 3.22. The maximum atomic E-state index is 6.20. The van der Waals surface area contributed by atoms with Gasteiger partial charge in [0.15, 0.2) is 0 Å². The zero-order valence-electron chi connectivity index (χ0n) is 28.9. The highest BCUT2D eigenvalue weighted by Gasteiger charge is 2.14. The molecule has 8 aromatic carbocycles. The molecule has 0 saturated heterocycles. The first kappa shape index (κ1) is 37.2. The second-order valence-corrected chi connectivity index (χ2v) is 13.9. The van der Waals surface area contributed by atoms with E-state index in [-0.39, 0.29) is 0 Å². The highest BCUT2D eigenvalue weighted by atomic mass is 79.9. The first-order valence-electron chi connectivity index (χ1n) is 17.1. The second kappa shape index (κ2) is 18.8. The molecule has 260 valence electrons. The average molecular weight is 793 g/mol. The van der Waals surface area contributed by atoms with E-state index in [1.807, 2.05) is 42.5 Å². The molecule has 0 bridgehead atoms. The molecule has 8 aromatic rings. The number of benzene rings is 8. The number of hydrogen-bond acceptors (Lipinski definition) is 2. The van der Waals surface area contributed by atoms with Crippen molar-refractivity contribution in [2.75, 3.05) is 10.6 Å². The van der Waals surface area contributed by atoms with Gasteiger partial charge in [-0.3, -0.25) is 0 Å². The van der Waals surface area contributed by atoms with Crippen LogP contribution in [0.25, 0.3) is 33.4 Å². The lowest BCUT2D eigenvalue weighted by Crippen LogP contribution is -2.10. The van der Waals surface area contributed by atoms with Crippen molar-refractivity contribution >= 4 is 61.9 Å². The van der Waals surface area contributed by atoms with Crippen LogP contribution in [0.5, 0.6) is 0 Å². The number of hydrogen-bond donors (Lipinski definition) is 1. The molecule has 0 aliphatic rings. The largest absolute Gasteiger partial charge is 0.399 e. The number of nitrogen functional groups attached to an aromatic ring is 1. The van der Waals surface area contributed by atoms with Gasteiger partial charge >= 0.3 is 0 Å². The number of halogens is 3. The minimum Gasteiger partial charge on any atom is -0.399 e. The third-order valence-corrected chi connectivity index (χ3v) is 9.31. The van der Waals surface area contributed by atoms with E-state index in [0.29, 0.717) is 0 Å². The highest BCUT2D eigenvalue weighted by Crippen LogP contribution is 2.38. The molecule has 0 saturated carbocycles. The minimum atomic E-state index is 0.721. The number of nitrogens with zero attached hydrogens (tertiary/aromatic N) is 1. The fourth-order valence-corrected chi connectivity index (χ4v) is 6.36. The molecule has 0 fully saturated rings. The van der Waals surface area contributed by atoms with Crippen LogP contribution in [0.4, 0.5) is 22.7 Å². The summed E-state index contributed by atoms with van der Waals surface area (Å²) in [4.78, 5) is 2.27. The molecule has 53 heavy (non-hydrogen) atoms. The summed E-state index contributed by atoms with van der Waals surface area (Å²) in [5.41, 5.74) is 16.6. The Kier molecular flexibility index (Phi) is 13.2. The molecule has 5 heteroatoms. The van der Waals surface area contributed by atoms with E-state index >= 15 is 0 Å². The molecule has 8 rings (SSSR count). The summed E-state index contributed by atoms with van der Waals surface area (Å²) >= 11 is 15.2. The molecule has 0 aliphatic carbocycles. The topological polar surface area (TPSA) is 29.3 Å². The van der Waals surface area contributed by atoms with Gasteiger partial charge < -0.3 is 10.6 Å². The summed E-state index contributed by atoms with van der Waals surface area (Å²) in [7, 11) is 0. The Morgan fingerprint density at radius 2 is 0.698 bits per heavy atom. The van der Waals surface area contributed by atoms with E-state index in [9.17, 15) is 0 Å². The van der Waals surface area contributed by atoms with Crippen LogP contribution in [0, 0.1) is 0 Å². The molecule has 0 amide bonds. The zero-order chi connectivity index (χ0) is 36.8. The molecular weight excluding hydrogens is 755 g/mol. The Hall–Kier alpha value is -5.58. The van der Waals surface area contributed by atoms with E-state index in [0.717, 1.165) is 37.3 Å². The number of nitrogens with two attached hydrogens (primary N) is 1. The van der Waals surface area contributed by atoms with Crippen LogP contribution >= 0.6 is 39.1 Å². The SMILES string of the molecule is Brc1cccc(-c2ccccc2)c1.Clc1ccc(N(c2cccc(-c3ccccc3)c2)c2cccc(-c3ccccc3)c2)cc1.Nc1ccc(Cl)cc1. The lowest BCUT2D eigenvalue weighted by atomic mass is 10.0. The minimum absolute atomic E-state index is 0.721. The van der Waals surface area contributed by atoms with Gasteiger partial charge in [-0.2, -0.15) is 0 Å². The van der Waals surface area contributed by atoms with Crippen molar-refractivity contribution in [2.45, 2.75) is 0 Å². The van der Waals surface area contributed by atoms with Crippen LogP contribution in [-0.2, 0) is 0 Å². The van der Waals surface area contributed by atoms with E-state index in [2.05, 4.69) is 166 Å². The van der Waals surface area contributed by atoms with E-state index in [1.165, 1.54) is 33.4 Å². The Labute approximate surface area is 330 Å². The van der Waals surface area contributed by atoms with E-state index in [4.69, 9.17) is 28.9 Å². The van der Waals surface area contributed by atoms with Crippen LogP contribution in [0.1, 0.15) is 0 Å². The van der Waals surface area contributed by atoms with Crippen molar-refractivity contribution in [2.24, 2.45) is 0 Å². The third kappa shape index (κ3) is 10.7. The molecule has 2 N–H and O–H groups in total. The van der Waals surface area contributed by atoms with Gasteiger partial charge in [0.25, 0.3) is 0 Å². The molecule has 0 radical (unpaired) electrons. The normalized spacial score (nSPS) is 10.2. The first-order chi connectivity index (χ1) is 25.9. The predicted octanol–water partition coefficient (Wildman–Crippen LogP) is 15.2. The molecular formula is C48H37BrCl2N2. The zero-order valence-corrected chi connectivity index (χ0v) is 32.0. The van der Waals surface area contributed by atoms with Crippen LogP contribution in [0.2, 0.25) is 10.0 Å². The molecule has 2 nitrogen and oxygen atoms in total. The van der Waals surface area contributed by atoms with Gasteiger partial charge in [-0.15, -0.1) is 0 Å². The van der Waals surface area contributed by atoms with Gasteiger partial charge in [-0.1, -0.05) is 167 Å². The smallest absolute Gasteiger partial charge is 0.0467 e. The fourth-order valence-electron chi connectivity index (χ4n) is 5.71. The molecule has 0 aromatic heterocycles. The summed E-state index contributed by atoms with van der Waals surface area (Å²) in [5.74, 6) is 0. The van der Waals surface area contributed by atoms with Gasteiger partial charge in [0, 0.05) is 37.3 Å². The fraction of sp³-hybridized carbons (Fsp3) is 0. The van der Waals surface area contributed by atoms with Gasteiger partial charge in [-0.25, -0.2) is 0 Å². The molecule has 0 unspecified atom stereocenters. The van der Waals surface area contributed by atoms with Crippen molar-refractivity contribution in [1.29, 1.82) is 0 Å². The standard InChI is InChI=1S/C30H22ClN.C12H9Br.C6H6ClN/c31-27-17-19-28(20-18-27)32(29-15-7-13-25(21-29)23-9-3-1-4-10-23)30-16-8-14-26(22-30)24-11-5-2-6-12-24;13-12-8-4-7-11(9-12)10-5-2-1-3-6-10;7-5-1-3-6(8)4-2-5/h1-22H;1-9H;1-4H,8H2.